The SMILES string of the molecule is COc1cccc(CC(=O)NC2(CCl)CCC(C)CC2)c1. The lowest BCUT2D eigenvalue weighted by Gasteiger charge is -2.38. The van der Waals surface area contributed by atoms with Crippen LogP contribution in [0, 0.1) is 5.92 Å². The van der Waals surface area contributed by atoms with Crippen LogP contribution in [-0.4, -0.2) is 24.4 Å². The maximum Gasteiger partial charge on any atom is 0.224 e. The molecule has 4 heteroatoms. The van der Waals surface area contributed by atoms with Gasteiger partial charge in [-0.3, -0.25) is 4.79 Å². The minimum Gasteiger partial charge on any atom is -0.497 e. The van der Waals surface area contributed by atoms with E-state index in [0.717, 1.165) is 42.9 Å². The average molecular weight is 310 g/mol. The van der Waals surface area contributed by atoms with Gasteiger partial charge < -0.3 is 10.1 Å². The Morgan fingerprint density at radius 3 is 2.76 bits per heavy atom. The number of alkyl halides is 1. The van der Waals surface area contributed by atoms with E-state index in [9.17, 15) is 4.79 Å². The molecule has 1 saturated carbocycles. The molecule has 3 nitrogen and oxygen atoms in total. The van der Waals surface area contributed by atoms with Crippen molar-refractivity contribution in [1.29, 1.82) is 0 Å². The minimum absolute atomic E-state index is 0.0402. The van der Waals surface area contributed by atoms with Crippen LogP contribution < -0.4 is 10.1 Å². The smallest absolute Gasteiger partial charge is 0.224 e. The highest BCUT2D eigenvalue weighted by atomic mass is 35.5. The Balaban J connectivity index is 1.96. The first-order chi connectivity index (χ1) is 10.1. The molecule has 0 radical (unpaired) electrons. The highest BCUT2D eigenvalue weighted by Gasteiger charge is 2.34. The van der Waals surface area contributed by atoms with Gasteiger partial charge in [-0.25, -0.2) is 0 Å². The number of hydrogen-bond acceptors (Lipinski definition) is 2. The fourth-order valence-electron chi connectivity index (χ4n) is 2.91. The van der Waals surface area contributed by atoms with Crippen LogP contribution in [0.25, 0.3) is 0 Å². The summed E-state index contributed by atoms with van der Waals surface area (Å²) in [7, 11) is 1.63. The van der Waals surface area contributed by atoms with Crippen molar-refractivity contribution in [3.05, 3.63) is 29.8 Å². The summed E-state index contributed by atoms with van der Waals surface area (Å²) >= 11 is 6.14. The summed E-state index contributed by atoms with van der Waals surface area (Å²) in [5, 5.41) is 3.18. The molecule has 0 aromatic heterocycles. The molecule has 0 bridgehead atoms. The third-order valence-corrected chi connectivity index (χ3v) is 4.90. The highest BCUT2D eigenvalue weighted by Crippen LogP contribution is 2.32. The molecule has 116 valence electrons. The summed E-state index contributed by atoms with van der Waals surface area (Å²) in [6, 6.07) is 7.62. The molecular weight excluding hydrogens is 286 g/mol. The van der Waals surface area contributed by atoms with E-state index >= 15 is 0 Å². The maximum absolute atomic E-state index is 12.3. The average Bonchev–Trinajstić information content (AvgIpc) is 2.50. The number of ether oxygens (including phenoxy) is 1. The fourth-order valence-corrected chi connectivity index (χ4v) is 3.25. The van der Waals surface area contributed by atoms with Crippen LogP contribution in [0.4, 0.5) is 0 Å². The predicted molar refractivity (Wildman–Crippen MR) is 85.9 cm³/mol. The van der Waals surface area contributed by atoms with Gasteiger partial charge in [0.2, 0.25) is 5.91 Å². The van der Waals surface area contributed by atoms with E-state index in [4.69, 9.17) is 16.3 Å². The molecule has 0 aliphatic heterocycles. The van der Waals surface area contributed by atoms with E-state index in [0.29, 0.717) is 12.3 Å². The second kappa shape index (κ2) is 7.17. The number of halogens is 1. The number of amides is 1. The van der Waals surface area contributed by atoms with Crippen LogP contribution in [0.1, 0.15) is 38.2 Å². The first kappa shape index (κ1) is 16.2. The zero-order valence-electron chi connectivity index (χ0n) is 12.8. The second-order valence-corrected chi connectivity index (χ2v) is 6.44. The Kier molecular flexibility index (Phi) is 5.51. The number of rotatable bonds is 5. The van der Waals surface area contributed by atoms with Gasteiger partial charge in [-0.05, 0) is 49.3 Å². The molecule has 1 aromatic carbocycles. The molecule has 2 rings (SSSR count). The summed E-state index contributed by atoms with van der Waals surface area (Å²) in [6.45, 7) is 2.26. The van der Waals surface area contributed by atoms with E-state index < -0.39 is 0 Å². The number of carbonyl (C=O) groups is 1. The van der Waals surface area contributed by atoms with Crippen LogP contribution in [0.3, 0.4) is 0 Å². The number of benzene rings is 1. The monoisotopic (exact) mass is 309 g/mol. The summed E-state index contributed by atoms with van der Waals surface area (Å²) < 4.78 is 5.19. The van der Waals surface area contributed by atoms with Crippen molar-refractivity contribution in [2.24, 2.45) is 5.92 Å². The molecule has 1 N–H and O–H groups in total. The molecule has 0 spiro atoms. The summed E-state index contributed by atoms with van der Waals surface area (Å²) in [4.78, 5) is 12.3. The van der Waals surface area contributed by atoms with Crippen molar-refractivity contribution in [2.45, 2.75) is 44.6 Å². The second-order valence-electron chi connectivity index (χ2n) is 6.17. The Morgan fingerprint density at radius 2 is 2.14 bits per heavy atom. The van der Waals surface area contributed by atoms with E-state index in [1.807, 2.05) is 24.3 Å². The van der Waals surface area contributed by atoms with Crippen molar-refractivity contribution in [3.63, 3.8) is 0 Å². The van der Waals surface area contributed by atoms with E-state index in [1.54, 1.807) is 7.11 Å². The van der Waals surface area contributed by atoms with E-state index in [-0.39, 0.29) is 11.4 Å². The van der Waals surface area contributed by atoms with Gasteiger partial charge >= 0.3 is 0 Å². The van der Waals surface area contributed by atoms with Crippen LogP contribution in [0.2, 0.25) is 0 Å². The zero-order chi connectivity index (χ0) is 15.3. The van der Waals surface area contributed by atoms with Gasteiger partial charge in [0.25, 0.3) is 0 Å². The topological polar surface area (TPSA) is 38.3 Å². The molecule has 1 aliphatic rings. The standard InChI is InChI=1S/C17H24ClNO2/c1-13-6-8-17(12-18,9-7-13)19-16(20)11-14-4-3-5-15(10-14)21-2/h3-5,10,13H,6-9,11-12H2,1-2H3,(H,19,20). The van der Waals surface area contributed by atoms with Gasteiger partial charge in [0.15, 0.2) is 0 Å². The molecule has 0 atom stereocenters. The van der Waals surface area contributed by atoms with Crippen molar-refractivity contribution < 1.29 is 9.53 Å². The molecule has 21 heavy (non-hydrogen) atoms. The van der Waals surface area contributed by atoms with Crippen molar-refractivity contribution in [2.75, 3.05) is 13.0 Å². The number of methoxy groups -OCH3 is 1. The Morgan fingerprint density at radius 1 is 1.43 bits per heavy atom. The zero-order valence-corrected chi connectivity index (χ0v) is 13.6. The van der Waals surface area contributed by atoms with Gasteiger partial charge in [-0.1, -0.05) is 19.1 Å². The number of nitrogens with one attached hydrogen (secondary N) is 1. The first-order valence-electron chi connectivity index (χ1n) is 7.57. The lowest BCUT2D eigenvalue weighted by molar-refractivity contribution is -0.122. The molecule has 0 saturated heterocycles. The van der Waals surface area contributed by atoms with Gasteiger partial charge in [-0.15, -0.1) is 11.6 Å². The van der Waals surface area contributed by atoms with Gasteiger partial charge in [-0.2, -0.15) is 0 Å². The van der Waals surface area contributed by atoms with Crippen LogP contribution >= 0.6 is 11.6 Å². The lowest BCUT2D eigenvalue weighted by Crippen LogP contribution is -2.52. The van der Waals surface area contributed by atoms with Gasteiger partial charge in [0.05, 0.1) is 19.1 Å². The summed E-state index contributed by atoms with van der Waals surface area (Å²) in [5.41, 5.74) is 0.741. The summed E-state index contributed by atoms with van der Waals surface area (Å²) in [6.07, 6.45) is 4.58. The Hall–Kier alpha value is -1.22. The normalized spacial score (nSPS) is 25.4. The third-order valence-electron chi connectivity index (χ3n) is 4.39. The van der Waals surface area contributed by atoms with Gasteiger partial charge in [0, 0.05) is 5.88 Å². The molecule has 1 aromatic rings. The molecular formula is C17H24ClNO2. The van der Waals surface area contributed by atoms with Gasteiger partial charge in [0.1, 0.15) is 5.75 Å². The molecule has 1 amide bonds. The molecule has 1 fully saturated rings. The van der Waals surface area contributed by atoms with E-state index in [1.165, 1.54) is 0 Å². The Labute approximate surface area is 132 Å². The lowest BCUT2D eigenvalue weighted by atomic mass is 9.78. The first-order valence-corrected chi connectivity index (χ1v) is 8.10. The van der Waals surface area contributed by atoms with Crippen molar-refractivity contribution in [1.82, 2.24) is 5.32 Å². The predicted octanol–water partition coefficient (Wildman–Crippen LogP) is 3.54. The fraction of sp³-hybridized carbons (Fsp3) is 0.588. The minimum atomic E-state index is -0.218. The van der Waals surface area contributed by atoms with Crippen LogP contribution in [0.15, 0.2) is 24.3 Å². The molecule has 0 unspecified atom stereocenters. The molecule has 0 heterocycles. The van der Waals surface area contributed by atoms with Crippen LogP contribution in [-0.2, 0) is 11.2 Å². The number of carbonyl (C=O) groups excluding carboxylic acids is 1. The molecule has 1 aliphatic carbocycles. The third kappa shape index (κ3) is 4.37. The summed E-state index contributed by atoms with van der Waals surface area (Å²) in [5.74, 6) is 2.04. The Bertz CT molecular complexity index is 481. The van der Waals surface area contributed by atoms with Crippen LogP contribution in [0.5, 0.6) is 5.75 Å². The van der Waals surface area contributed by atoms with Crippen molar-refractivity contribution >= 4 is 17.5 Å². The number of hydrogen-bond donors (Lipinski definition) is 1. The quantitative estimate of drug-likeness (QED) is 0.845. The maximum atomic E-state index is 12.3. The largest absolute Gasteiger partial charge is 0.497 e. The highest BCUT2D eigenvalue weighted by molar-refractivity contribution is 6.18. The van der Waals surface area contributed by atoms with Crippen molar-refractivity contribution in [3.8, 4) is 5.75 Å². The van der Waals surface area contributed by atoms with E-state index in [2.05, 4.69) is 12.2 Å².